The number of hydrogen-bond acceptors (Lipinski definition) is 7. The molecule has 206 valence electrons. The number of hydrogen-bond donors (Lipinski definition) is 5. The summed E-state index contributed by atoms with van der Waals surface area (Å²) in [5.41, 5.74) is 0.243. The summed E-state index contributed by atoms with van der Waals surface area (Å²) in [6.07, 6.45) is 1.55. The van der Waals surface area contributed by atoms with E-state index >= 15 is 0 Å². The number of para-hydroxylation sites is 1. The summed E-state index contributed by atoms with van der Waals surface area (Å²) in [6, 6.07) is 4.09. The van der Waals surface area contributed by atoms with Crippen molar-refractivity contribution in [3.63, 3.8) is 0 Å². The van der Waals surface area contributed by atoms with Gasteiger partial charge in [0.2, 0.25) is 17.7 Å². The molecule has 0 saturated heterocycles. The summed E-state index contributed by atoms with van der Waals surface area (Å²) in [4.78, 5) is 53.5. The molecule has 3 atom stereocenters. The van der Waals surface area contributed by atoms with Gasteiger partial charge < -0.3 is 36.0 Å². The molecule has 1 aromatic rings. The third-order valence-electron chi connectivity index (χ3n) is 6.13. The number of unbranched alkanes of at least 4 members (excludes halogenated alkanes) is 1. The van der Waals surface area contributed by atoms with Crippen LogP contribution in [0.1, 0.15) is 49.9 Å². The highest BCUT2D eigenvalue weighted by molar-refractivity contribution is 5.99. The molecule has 4 amide bonds. The van der Waals surface area contributed by atoms with Gasteiger partial charge in [0, 0.05) is 13.0 Å². The van der Waals surface area contributed by atoms with Crippen LogP contribution in [-0.4, -0.2) is 92.2 Å². The number of fused-ring (bicyclic) bond motifs is 1. The third kappa shape index (κ3) is 10.0. The van der Waals surface area contributed by atoms with Crippen LogP contribution in [0.4, 0.5) is 0 Å². The van der Waals surface area contributed by atoms with Crippen LogP contribution < -0.4 is 26.0 Å². The molecule has 2 rings (SSSR count). The number of carbonyl (C=O) groups is 4. The summed E-state index contributed by atoms with van der Waals surface area (Å²) in [6.45, 7) is 4.61. The minimum absolute atomic E-state index is 0.0124. The standard InChI is InChI=1S/C26H41N5O6/c1-17(2)21-16-37-22-10-6-5-9-18(22)24(34)29-19(25(35)27-13-7-8-14-31(3)4)11-12-23(33)28-20(15-32)26(36)30-21/h5-6,9-10,17,19-21,32H,7-8,11-16H2,1-4H3,(H,27,35)(H,28,33)(H,29,34)(H,30,36)/t19-,20-,21-/m0/s1. The van der Waals surface area contributed by atoms with Crippen molar-refractivity contribution in [2.75, 3.05) is 40.4 Å². The molecule has 0 bridgehead atoms. The van der Waals surface area contributed by atoms with Gasteiger partial charge in [0.15, 0.2) is 0 Å². The molecule has 0 aliphatic carbocycles. The normalized spacial score (nSPS) is 21.6. The second kappa shape index (κ2) is 15.2. The number of benzene rings is 1. The summed E-state index contributed by atoms with van der Waals surface area (Å²) in [7, 11) is 3.96. The van der Waals surface area contributed by atoms with Crippen molar-refractivity contribution < 1.29 is 29.0 Å². The largest absolute Gasteiger partial charge is 0.491 e. The smallest absolute Gasteiger partial charge is 0.255 e. The first-order chi connectivity index (χ1) is 17.6. The van der Waals surface area contributed by atoms with Gasteiger partial charge in [-0.15, -0.1) is 0 Å². The molecular weight excluding hydrogens is 478 g/mol. The van der Waals surface area contributed by atoms with Gasteiger partial charge in [-0.1, -0.05) is 26.0 Å². The molecule has 1 heterocycles. The minimum Gasteiger partial charge on any atom is -0.491 e. The second-order valence-electron chi connectivity index (χ2n) is 9.84. The van der Waals surface area contributed by atoms with Crippen molar-refractivity contribution in [2.45, 2.75) is 57.7 Å². The average Bonchev–Trinajstić information content (AvgIpc) is 2.86. The summed E-state index contributed by atoms with van der Waals surface area (Å²) in [5, 5.41) is 20.6. The Morgan fingerprint density at radius 3 is 2.54 bits per heavy atom. The Hall–Kier alpha value is -3.18. The van der Waals surface area contributed by atoms with Crippen LogP contribution in [0.15, 0.2) is 24.3 Å². The number of nitrogens with one attached hydrogen (secondary N) is 4. The monoisotopic (exact) mass is 519 g/mol. The van der Waals surface area contributed by atoms with Gasteiger partial charge in [-0.2, -0.15) is 0 Å². The molecule has 1 aliphatic rings. The van der Waals surface area contributed by atoms with Crippen molar-refractivity contribution in [1.29, 1.82) is 0 Å². The van der Waals surface area contributed by atoms with E-state index in [0.717, 1.165) is 19.4 Å². The minimum atomic E-state index is -1.15. The van der Waals surface area contributed by atoms with Gasteiger partial charge in [-0.25, -0.2) is 0 Å². The first kappa shape index (κ1) is 30.0. The number of nitrogens with zero attached hydrogens (tertiary/aromatic N) is 1. The Labute approximate surface area is 218 Å². The maximum absolute atomic E-state index is 13.2. The van der Waals surface area contributed by atoms with Crippen LogP contribution >= 0.6 is 0 Å². The molecule has 5 N–H and O–H groups in total. The Kier molecular flexibility index (Phi) is 12.3. The number of ether oxygens (including phenoxy) is 1. The fraction of sp³-hybridized carbons (Fsp3) is 0.615. The molecule has 0 fully saturated rings. The van der Waals surface area contributed by atoms with Crippen molar-refractivity contribution in [3.05, 3.63) is 29.8 Å². The van der Waals surface area contributed by atoms with Crippen molar-refractivity contribution in [2.24, 2.45) is 5.92 Å². The molecule has 0 spiro atoms. The maximum atomic E-state index is 13.2. The first-order valence-corrected chi connectivity index (χ1v) is 12.8. The Balaban J connectivity index is 2.25. The molecule has 1 aliphatic heterocycles. The van der Waals surface area contributed by atoms with Crippen molar-refractivity contribution in [1.82, 2.24) is 26.2 Å². The SMILES string of the molecule is CC(C)[C@@H]1COc2ccccc2C(=O)N[C@H](C(=O)NCCCCN(C)C)CCC(=O)N[C@@H](CO)C(=O)N1. The van der Waals surface area contributed by atoms with Crippen LogP contribution in [-0.2, 0) is 14.4 Å². The number of aliphatic hydroxyl groups excluding tert-OH is 1. The molecule has 11 nitrogen and oxygen atoms in total. The average molecular weight is 520 g/mol. The van der Waals surface area contributed by atoms with Gasteiger partial charge in [-0.05, 0) is 58.0 Å². The van der Waals surface area contributed by atoms with Crippen LogP contribution in [0, 0.1) is 5.92 Å². The highest BCUT2D eigenvalue weighted by atomic mass is 16.5. The van der Waals surface area contributed by atoms with Crippen molar-refractivity contribution >= 4 is 23.6 Å². The van der Waals surface area contributed by atoms with E-state index in [0.29, 0.717) is 12.3 Å². The predicted octanol–water partition coefficient (Wildman–Crippen LogP) is 0.0335. The van der Waals surface area contributed by atoms with E-state index in [1.807, 2.05) is 27.9 Å². The van der Waals surface area contributed by atoms with Crippen LogP contribution in [0.5, 0.6) is 5.75 Å². The van der Waals surface area contributed by atoms with Gasteiger partial charge in [0.05, 0.1) is 18.2 Å². The predicted molar refractivity (Wildman–Crippen MR) is 139 cm³/mol. The Morgan fingerprint density at radius 1 is 1.14 bits per heavy atom. The summed E-state index contributed by atoms with van der Waals surface area (Å²) < 4.78 is 5.92. The molecule has 0 aromatic heterocycles. The van der Waals surface area contributed by atoms with Gasteiger partial charge >= 0.3 is 0 Å². The van der Waals surface area contributed by atoms with E-state index in [4.69, 9.17) is 4.74 Å². The number of carbonyl (C=O) groups excluding carboxylic acids is 4. The van der Waals surface area contributed by atoms with E-state index in [1.165, 1.54) is 0 Å². The van der Waals surface area contributed by atoms with Crippen molar-refractivity contribution in [3.8, 4) is 5.75 Å². The number of rotatable bonds is 8. The van der Waals surface area contributed by atoms with E-state index in [1.54, 1.807) is 24.3 Å². The van der Waals surface area contributed by atoms with E-state index in [-0.39, 0.29) is 30.9 Å². The molecule has 1 aromatic carbocycles. The zero-order valence-electron chi connectivity index (χ0n) is 22.2. The Bertz CT molecular complexity index is 922. The molecule has 0 unspecified atom stereocenters. The highest BCUT2D eigenvalue weighted by Gasteiger charge is 2.28. The quantitative estimate of drug-likeness (QED) is 0.304. The molecule has 0 saturated carbocycles. The second-order valence-corrected chi connectivity index (χ2v) is 9.84. The fourth-order valence-corrected chi connectivity index (χ4v) is 3.77. The first-order valence-electron chi connectivity index (χ1n) is 12.8. The van der Waals surface area contributed by atoms with Crippen LogP contribution in [0.2, 0.25) is 0 Å². The zero-order valence-corrected chi connectivity index (χ0v) is 22.2. The lowest BCUT2D eigenvalue weighted by Gasteiger charge is -2.25. The number of amides is 4. The Morgan fingerprint density at radius 2 is 1.86 bits per heavy atom. The van der Waals surface area contributed by atoms with Gasteiger partial charge in [0.25, 0.3) is 5.91 Å². The molecule has 37 heavy (non-hydrogen) atoms. The number of aliphatic hydroxyl groups is 1. The van der Waals surface area contributed by atoms with E-state index in [2.05, 4.69) is 26.2 Å². The summed E-state index contributed by atoms with van der Waals surface area (Å²) >= 11 is 0. The third-order valence-corrected chi connectivity index (χ3v) is 6.13. The molecule has 0 radical (unpaired) electrons. The maximum Gasteiger partial charge on any atom is 0.255 e. The highest BCUT2D eigenvalue weighted by Crippen LogP contribution is 2.19. The lowest BCUT2D eigenvalue weighted by atomic mass is 10.0. The lowest BCUT2D eigenvalue weighted by Crippen LogP contribution is -2.54. The topological polar surface area (TPSA) is 149 Å². The molecular formula is C26H41N5O6. The fourth-order valence-electron chi connectivity index (χ4n) is 3.77. The molecule has 11 heteroatoms. The van der Waals surface area contributed by atoms with Crippen LogP contribution in [0.25, 0.3) is 0 Å². The van der Waals surface area contributed by atoms with E-state index in [9.17, 15) is 24.3 Å². The van der Waals surface area contributed by atoms with Crippen LogP contribution in [0.3, 0.4) is 0 Å². The summed E-state index contributed by atoms with van der Waals surface area (Å²) in [5.74, 6) is -1.67. The van der Waals surface area contributed by atoms with Gasteiger partial charge in [-0.3, -0.25) is 19.2 Å². The lowest BCUT2D eigenvalue weighted by molar-refractivity contribution is -0.131. The van der Waals surface area contributed by atoms with Gasteiger partial charge in [0.1, 0.15) is 24.4 Å². The zero-order chi connectivity index (χ0) is 27.4. The van der Waals surface area contributed by atoms with E-state index < -0.39 is 48.4 Å².